The van der Waals surface area contributed by atoms with Crippen molar-refractivity contribution < 1.29 is 34.1 Å². The van der Waals surface area contributed by atoms with Crippen LogP contribution in [0.5, 0.6) is 0 Å². The summed E-state index contributed by atoms with van der Waals surface area (Å²) in [5, 5.41) is 13.6. The van der Waals surface area contributed by atoms with Gasteiger partial charge < -0.3 is 10.6 Å². The first-order valence-corrected chi connectivity index (χ1v) is 14.7. The summed E-state index contributed by atoms with van der Waals surface area (Å²) in [5.41, 5.74) is 0.219. The molecule has 3 saturated heterocycles. The highest BCUT2D eigenvalue weighted by atomic mass is 16.2. The van der Waals surface area contributed by atoms with Crippen LogP contribution in [0.15, 0.2) is 121 Å². The quantitative estimate of drug-likeness (QED) is 0.188. The van der Waals surface area contributed by atoms with E-state index in [0.717, 1.165) is 22.3 Å². The molecule has 238 valence electrons. The molecule has 0 bridgehead atoms. The number of carbonyl (C=O) groups is 6. The van der Waals surface area contributed by atoms with Crippen LogP contribution in [0.2, 0.25) is 0 Å². The first-order valence-electron chi connectivity index (χ1n) is 14.7. The van der Waals surface area contributed by atoms with E-state index < -0.39 is 28.7 Å². The number of hydrogen-bond acceptors (Lipinski definition) is 6. The second kappa shape index (κ2) is 13.1. The van der Waals surface area contributed by atoms with Crippen LogP contribution in [0.4, 0.5) is 14.4 Å². The number of nitrogens with two attached hydrogens (primary N) is 1. The molecular weight excluding hydrogens is 600 g/mol. The van der Waals surface area contributed by atoms with Gasteiger partial charge in [0, 0.05) is 12.5 Å². The molecule has 3 fully saturated rings. The van der Waals surface area contributed by atoms with Gasteiger partial charge in [-0.15, -0.1) is 0 Å². The minimum atomic E-state index is -1.14. The van der Waals surface area contributed by atoms with Crippen molar-refractivity contribution in [3.05, 3.63) is 144 Å². The molecular formula is C35H33N6O6+. The lowest BCUT2D eigenvalue weighted by molar-refractivity contribution is -0.616. The van der Waals surface area contributed by atoms with Crippen molar-refractivity contribution in [2.45, 2.75) is 30.5 Å². The third-order valence-electron chi connectivity index (χ3n) is 8.18. The Kier molecular flexibility index (Phi) is 8.97. The number of quaternary nitrogens is 1. The van der Waals surface area contributed by atoms with Gasteiger partial charge in [-0.1, -0.05) is 121 Å². The van der Waals surface area contributed by atoms with Gasteiger partial charge in [-0.2, -0.15) is 0 Å². The Morgan fingerprint density at radius 2 is 0.851 bits per heavy atom. The van der Waals surface area contributed by atoms with Crippen LogP contribution in [0.3, 0.4) is 0 Å². The van der Waals surface area contributed by atoms with E-state index in [2.05, 4.69) is 26.6 Å². The van der Waals surface area contributed by atoms with Crippen molar-refractivity contribution >= 4 is 35.8 Å². The summed E-state index contributed by atoms with van der Waals surface area (Å²) in [6.07, 6.45) is 0. The van der Waals surface area contributed by atoms with Crippen LogP contribution in [0.25, 0.3) is 0 Å². The van der Waals surface area contributed by atoms with E-state index in [4.69, 9.17) is 0 Å². The molecule has 0 spiro atoms. The third-order valence-corrected chi connectivity index (χ3v) is 8.18. The standard InChI is InChI=1S/C15H12N2O2.2C10H10N2O2/c18-13-15(17-14(19)16-13,11-7-3-1-4-8-11)12-9-5-2-6-10-12;2*1-10(7-5-3-2-4-6-7)8(13)11-9(14)12-10/h1-10H,(H2,16,17,18,19);2*2-6H,1H3,(H2,11,12,13,14)/p+1. The molecule has 4 aromatic rings. The zero-order chi connectivity index (χ0) is 33.7. The van der Waals surface area contributed by atoms with Crippen molar-refractivity contribution in [3.63, 3.8) is 0 Å². The van der Waals surface area contributed by atoms with Crippen molar-refractivity contribution in [1.82, 2.24) is 26.6 Å². The van der Waals surface area contributed by atoms with E-state index in [0.29, 0.717) is 0 Å². The third kappa shape index (κ3) is 6.35. The maximum Gasteiger partial charge on any atom is 0.421 e. The molecule has 0 aromatic heterocycles. The molecule has 3 aliphatic heterocycles. The number of carbonyl (C=O) groups excluding carboxylic acids is 6. The summed E-state index contributed by atoms with van der Waals surface area (Å²) in [5.74, 6) is -0.919. The highest BCUT2D eigenvalue weighted by Crippen LogP contribution is 2.32. The van der Waals surface area contributed by atoms with Crippen molar-refractivity contribution in [2.24, 2.45) is 0 Å². The molecule has 9 amide bonds. The van der Waals surface area contributed by atoms with E-state index in [-0.39, 0.29) is 23.8 Å². The topological polar surface area (TPSA) is 179 Å². The van der Waals surface area contributed by atoms with E-state index in [1.54, 1.807) is 13.8 Å². The number of urea groups is 3. The van der Waals surface area contributed by atoms with Gasteiger partial charge in [0.25, 0.3) is 17.7 Å². The number of benzene rings is 4. The summed E-state index contributed by atoms with van der Waals surface area (Å²) in [7, 11) is 0. The molecule has 3 aliphatic rings. The smallest absolute Gasteiger partial charge is 0.320 e. The van der Waals surface area contributed by atoms with Gasteiger partial charge in [-0.05, 0) is 23.6 Å². The summed E-state index contributed by atoms with van der Waals surface area (Å²) >= 11 is 0. The van der Waals surface area contributed by atoms with E-state index in [1.165, 1.54) is 5.32 Å². The van der Waals surface area contributed by atoms with Crippen LogP contribution in [0, 0.1) is 0 Å². The maximum atomic E-state index is 12.3. The Morgan fingerprint density at radius 3 is 1.21 bits per heavy atom. The van der Waals surface area contributed by atoms with Crippen LogP contribution < -0.4 is 31.9 Å². The second-order valence-electron chi connectivity index (χ2n) is 11.3. The van der Waals surface area contributed by atoms with Crippen LogP contribution in [-0.4, -0.2) is 35.8 Å². The summed E-state index contributed by atoms with van der Waals surface area (Å²) in [6, 6.07) is 35.6. The first-order chi connectivity index (χ1) is 22.5. The molecule has 3 heterocycles. The fourth-order valence-electron chi connectivity index (χ4n) is 5.53. The highest BCUT2D eigenvalue weighted by Gasteiger charge is 2.50. The Bertz CT molecular complexity index is 1700. The molecule has 2 atom stereocenters. The lowest BCUT2D eigenvalue weighted by Crippen LogP contribution is -2.94. The number of primary amides is 1. The van der Waals surface area contributed by atoms with E-state index >= 15 is 0 Å². The number of amides is 9. The predicted octanol–water partition coefficient (Wildman–Crippen LogP) is 2.23. The number of hydrogen-bond donors (Lipinski definition) is 6. The molecule has 47 heavy (non-hydrogen) atoms. The largest absolute Gasteiger partial charge is 0.421 e. The SMILES string of the molecule is CC1(c2ccccc2)NC(=O)NC1=O.CC1(c2ccccc2)[NH2+]C(=O)NC1=O.O=C1NC(=O)C(c2ccccc2)(c2ccccc2)N1. The molecule has 12 nitrogen and oxygen atoms in total. The molecule has 0 radical (unpaired) electrons. The number of nitrogens with one attached hydrogen (secondary N) is 5. The summed E-state index contributed by atoms with van der Waals surface area (Å²) < 4.78 is 0. The minimum absolute atomic E-state index is 0.256. The fourth-order valence-corrected chi connectivity index (χ4v) is 5.53. The minimum Gasteiger partial charge on any atom is -0.320 e. The normalized spacial score (nSPS) is 22.3. The molecule has 4 aromatic carbocycles. The van der Waals surface area contributed by atoms with Crippen LogP contribution in [0.1, 0.15) is 36.1 Å². The zero-order valence-corrected chi connectivity index (χ0v) is 25.6. The number of imide groups is 3. The molecule has 0 saturated carbocycles. The number of rotatable bonds is 4. The van der Waals surface area contributed by atoms with Crippen molar-refractivity contribution in [2.75, 3.05) is 0 Å². The van der Waals surface area contributed by atoms with Gasteiger partial charge in [0.1, 0.15) is 5.54 Å². The fraction of sp³-hybridized carbons (Fsp3) is 0.143. The monoisotopic (exact) mass is 633 g/mol. The van der Waals surface area contributed by atoms with Gasteiger partial charge in [0.05, 0.1) is 0 Å². The highest BCUT2D eigenvalue weighted by molar-refractivity contribution is 6.09. The molecule has 7 rings (SSSR count). The van der Waals surface area contributed by atoms with Crippen molar-refractivity contribution in [3.8, 4) is 0 Å². The predicted molar refractivity (Wildman–Crippen MR) is 170 cm³/mol. The maximum absolute atomic E-state index is 12.3. The van der Waals surface area contributed by atoms with E-state index in [9.17, 15) is 28.8 Å². The summed E-state index contributed by atoms with van der Waals surface area (Å²) in [6.45, 7) is 3.42. The molecule has 2 unspecified atom stereocenters. The average molecular weight is 634 g/mol. The molecule has 7 N–H and O–H groups in total. The lowest BCUT2D eigenvalue weighted by atomic mass is 9.83. The van der Waals surface area contributed by atoms with Crippen LogP contribution >= 0.6 is 0 Å². The van der Waals surface area contributed by atoms with Crippen molar-refractivity contribution in [1.29, 1.82) is 0 Å². The Balaban J connectivity index is 0.000000141. The average Bonchev–Trinajstić information content (AvgIpc) is 3.66. The van der Waals surface area contributed by atoms with Gasteiger partial charge in [0.15, 0.2) is 5.54 Å². The molecule has 0 aliphatic carbocycles. The molecule has 12 heteroatoms. The zero-order valence-electron chi connectivity index (χ0n) is 25.6. The van der Waals surface area contributed by atoms with Gasteiger partial charge in [-0.25, -0.2) is 25.0 Å². The Morgan fingerprint density at radius 1 is 0.447 bits per heavy atom. The van der Waals surface area contributed by atoms with Gasteiger partial charge in [-0.3, -0.25) is 25.0 Å². The van der Waals surface area contributed by atoms with Gasteiger partial charge in [0.2, 0.25) is 5.54 Å². The lowest BCUT2D eigenvalue weighted by Gasteiger charge is -2.27. The van der Waals surface area contributed by atoms with E-state index in [1.807, 2.05) is 121 Å². The Hall–Kier alpha value is -6.14. The van der Waals surface area contributed by atoms with Crippen LogP contribution in [-0.2, 0) is 31.0 Å². The summed E-state index contributed by atoms with van der Waals surface area (Å²) in [4.78, 5) is 69.0. The van der Waals surface area contributed by atoms with Gasteiger partial charge >= 0.3 is 18.1 Å². The first kappa shape index (κ1) is 32.3. The Labute approximate surface area is 270 Å². The second-order valence-corrected chi connectivity index (χ2v) is 11.3.